The van der Waals surface area contributed by atoms with Crippen LogP contribution in [0, 0.1) is 13.8 Å². The molecule has 0 aromatic carbocycles. The van der Waals surface area contributed by atoms with Gasteiger partial charge in [0.25, 0.3) is 0 Å². The third kappa shape index (κ3) is 4.42. The number of rotatable bonds is 5. The van der Waals surface area contributed by atoms with Crippen molar-refractivity contribution in [2.75, 3.05) is 36.5 Å². The molecule has 0 N–H and O–H groups in total. The molecular formula is C23H28N6O3. The minimum atomic E-state index is -0.491. The maximum atomic E-state index is 11.6. The molecule has 0 spiro atoms. The smallest absolute Gasteiger partial charge is 0.358 e. The van der Waals surface area contributed by atoms with Gasteiger partial charge in [-0.2, -0.15) is 0 Å². The molecule has 1 aliphatic carbocycles. The number of carbonyl (C=O) groups excluding carboxylic acids is 1. The number of carbonyl (C=O) groups is 1. The Hall–Kier alpha value is -3.49. The van der Waals surface area contributed by atoms with Gasteiger partial charge in [0, 0.05) is 36.8 Å². The van der Waals surface area contributed by atoms with Crippen LogP contribution in [0.5, 0.6) is 5.88 Å². The molecule has 1 atom stereocenters. The Morgan fingerprint density at radius 2 is 1.94 bits per heavy atom. The first kappa shape index (κ1) is 21.7. The summed E-state index contributed by atoms with van der Waals surface area (Å²) in [6.45, 7) is 8.51. The molecule has 9 nitrogen and oxygen atoms in total. The van der Waals surface area contributed by atoms with Crippen LogP contribution < -0.4 is 14.5 Å². The summed E-state index contributed by atoms with van der Waals surface area (Å²) in [7, 11) is 1.33. The van der Waals surface area contributed by atoms with Gasteiger partial charge < -0.3 is 19.3 Å². The van der Waals surface area contributed by atoms with Crippen LogP contribution in [0.3, 0.4) is 0 Å². The highest BCUT2D eigenvalue weighted by Crippen LogP contribution is 2.29. The largest absolute Gasteiger partial charge is 0.464 e. The van der Waals surface area contributed by atoms with Crippen molar-refractivity contribution in [3.05, 3.63) is 53.2 Å². The second-order valence-corrected chi connectivity index (χ2v) is 8.01. The van der Waals surface area contributed by atoms with E-state index in [1.165, 1.54) is 13.3 Å². The molecule has 0 amide bonds. The first-order valence-corrected chi connectivity index (χ1v) is 10.8. The highest BCUT2D eigenvalue weighted by molar-refractivity contribution is 5.86. The molecule has 2 aliphatic rings. The van der Waals surface area contributed by atoms with Crippen molar-refractivity contribution in [3.63, 3.8) is 0 Å². The lowest BCUT2D eigenvalue weighted by Gasteiger charge is -2.41. The Labute approximate surface area is 187 Å². The van der Waals surface area contributed by atoms with E-state index in [-0.39, 0.29) is 11.7 Å². The fourth-order valence-corrected chi connectivity index (χ4v) is 3.91. The van der Waals surface area contributed by atoms with Crippen molar-refractivity contribution >= 4 is 17.6 Å². The van der Waals surface area contributed by atoms with Crippen LogP contribution in [0.1, 0.15) is 41.4 Å². The average Bonchev–Trinajstić information content (AvgIpc) is 2.82. The first-order chi connectivity index (χ1) is 15.5. The number of piperazine rings is 1. The van der Waals surface area contributed by atoms with Crippen LogP contribution >= 0.6 is 0 Å². The zero-order valence-electron chi connectivity index (χ0n) is 18.9. The van der Waals surface area contributed by atoms with Crippen molar-refractivity contribution in [1.82, 2.24) is 20.2 Å². The predicted molar refractivity (Wildman–Crippen MR) is 121 cm³/mol. The number of allylic oxidation sites excluding steroid dienone is 3. The third-order valence-corrected chi connectivity index (χ3v) is 5.88. The standard InChI is InChI=1S/C23H28N6O3/c1-15-14-28(10-11-29(15)20-13-24-19(12-25-20)23(30)31-4)21-16(2)17(3)22(27-26-21)32-18-8-6-5-7-9-18/h6,8-9,12-13,15H,5,7,10-11,14H2,1-4H3/t15-/m1/s1. The quantitative estimate of drug-likeness (QED) is 0.656. The normalized spacial score (nSPS) is 18.4. The lowest BCUT2D eigenvalue weighted by Crippen LogP contribution is -2.53. The Kier molecular flexibility index (Phi) is 6.34. The molecule has 32 heavy (non-hydrogen) atoms. The second kappa shape index (κ2) is 9.33. The number of hydrogen-bond donors (Lipinski definition) is 0. The molecule has 1 fully saturated rings. The molecule has 2 aromatic heterocycles. The van der Waals surface area contributed by atoms with Gasteiger partial charge in [0.1, 0.15) is 11.6 Å². The summed E-state index contributed by atoms with van der Waals surface area (Å²) in [4.78, 5) is 24.6. The Morgan fingerprint density at radius 3 is 2.59 bits per heavy atom. The topological polar surface area (TPSA) is 93.6 Å². The summed E-state index contributed by atoms with van der Waals surface area (Å²) >= 11 is 0. The zero-order chi connectivity index (χ0) is 22.7. The zero-order valence-corrected chi connectivity index (χ0v) is 18.9. The van der Waals surface area contributed by atoms with E-state index >= 15 is 0 Å². The molecule has 4 rings (SSSR count). The fourth-order valence-electron chi connectivity index (χ4n) is 3.91. The van der Waals surface area contributed by atoms with Crippen molar-refractivity contribution in [2.45, 2.75) is 39.7 Å². The number of methoxy groups -OCH3 is 1. The molecule has 1 aliphatic heterocycles. The molecular weight excluding hydrogens is 408 g/mol. The summed E-state index contributed by atoms with van der Waals surface area (Å²) in [5.41, 5.74) is 2.26. The van der Waals surface area contributed by atoms with E-state index < -0.39 is 5.97 Å². The monoisotopic (exact) mass is 436 g/mol. The highest BCUT2D eigenvalue weighted by Gasteiger charge is 2.28. The van der Waals surface area contributed by atoms with Crippen LogP contribution in [0.4, 0.5) is 11.6 Å². The van der Waals surface area contributed by atoms with Gasteiger partial charge in [-0.1, -0.05) is 6.08 Å². The lowest BCUT2D eigenvalue weighted by molar-refractivity contribution is 0.0593. The van der Waals surface area contributed by atoms with E-state index in [2.05, 4.69) is 60.7 Å². The minimum absolute atomic E-state index is 0.178. The Bertz CT molecular complexity index is 1050. The summed E-state index contributed by atoms with van der Waals surface area (Å²) in [6, 6.07) is 0.178. The van der Waals surface area contributed by atoms with Gasteiger partial charge in [0.05, 0.1) is 19.5 Å². The van der Waals surface area contributed by atoms with E-state index in [9.17, 15) is 4.79 Å². The van der Waals surface area contributed by atoms with Gasteiger partial charge in [-0.15, -0.1) is 10.2 Å². The number of nitrogens with zero attached hydrogens (tertiary/aromatic N) is 6. The average molecular weight is 437 g/mol. The van der Waals surface area contributed by atoms with Crippen molar-refractivity contribution in [2.24, 2.45) is 0 Å². The Balaban J connectivity index is 1.46. The molecule has 0 saturated carbocycles. The summed E-state index contributed by atoms with van der Waals surface area (Å²) < 4.78 is 10.7. The molecule has 168 valence electrons. The van der Waals surface area contributed by atoms with Gasteiger partial charge in [-0.05, 0) is 45.8 Å². The number of anilines is 2. The van der Waals surface area contributed by atoms with E-state index in [1.807, 2.05) is 13.0 Å². The second-order valence-electron chi connectivity index (χ2n) is 8.01. The van der Waals surface area contributed by atoms with Crippen LogP contribution in [-0.2, 0) is 4.74 Å². The summed E-state index contributed by atoms with van der Waals surface area (Å²) in [5.74, 6) is 2.50. The molecule has 1 saturated heterocycles. The minimum Gasteiger partial charge on any atom is -0.464 e. The van der Waals surface area contributed by atoms with Crippen molar-refractivity contribution in [3.8, 4) is 5.88 Å². The third-order valence-electron chi connectivity index (χ3n) is 5.88. The van der Waals surface area contributed by atoms with Crippen LogP contribution in [0.2, 0.25) is 0 Å². The van der Waals surface area contributed by atoms with Crippen molar-refractivity contribution in [1.29, 1.82) is 0 Å². The van der Waals surface area contributed by atoms with Crippen LogP contribution in [-0.4, -0.2) is 58.9 Å². The summed E-state index contributed by atoms with van der Waals surface area (Å²) in [6.07, 6.45) is 11.3. The van der Waals surface area contributed by atoms with Crippen LogP contribution in [0.15, 0.2) is 36.4 Å². The van der Waals surface area contributed by atoms with Crippen molar-refractivity contribution < 1.29 is 14.3 Å². The molecule has 0 bridgehead atoms. The van der Waals surface area contributed by atoms with Crippen LogP contribution in [0.25, 0.3) is 0 Å². The van der Waals surface area contributed by atoms with Gasteiger partial charge in [-0.25, -0.2) is 14.8 Å². The maximum absolute atomic E-state index is 11.6. The number of esters is 1. The maximum Gasteiger partial charge on any atom is 0.358 e. The van der Waals surface area contributed by atoms with E-state index in [4.69, 9.17) is 4.74 Å². The van der Waals surface area contributed by atoms with E-state index in [0.29, 0.717) is 5.88 Å². The number of ether oxygens (including phenoxy) is 2. The molecule has 0 unspecified atom stereocenters. The SMILES string of the molecule is COC(=O)c1cnc(N2CCN(c3nnc(OC4=CCCC=C4)c(C)c3C)C[C@H]2C)cn1. The van der Waals surface area contributed by atoms with E-state index in [1.54, 1.807) is 6.20 Å². The Morgan fingerprint density at radius 1 is 1.09 bits per heavy atom. The predicted octanol–water partition coefficient (Wildman–Crippen LogP) is 3.00. The highest BCUT2D eigenvalue weighted by atomic mass is 16.5. The molecule has 9 heteroatoms. The molecule has 0 radical (unpaired) electrons. The molecule has 3 heterocycles. The van der Waals surface area contributed by atoms with Gasteiger partial charge in [-0.3, -0.25) is 0 Å². The lowest BCUT2D eigenvalue weighted by atomic mass is 10.1. The first-order valence-electron chi connectivity index (χ1n) is 10.8. The summed E-state index contributed by atoms with van der Waals surface area (Å²) in [5, 5.41) is 8.88. The van der Waals surface area contributed by atoms with Gasteiger partial charge in [0.15, 0.2) is 11.5 Å². The van der Waals surface area contributed by atoms with Gasteiger partial charge >= 0.3 is 5.97 Å². The number of hydrogen-bond acceptors (Lipinski definition) is 9. The van der Waals surface area contributed by atoms with E-state index in [0.717, 1.165) is 61.0 Å². The van der Waals surface area contributed by atoms with Gasteiger partial charge in [0.2, 0.25) is 5.88 Å². The number of aromatic nitrogens is 4. The molecule has 2 aromatic rings. The fraction of sp³-hybridized carbons (Fsp3) is 0.435.